The lowest BCUT2D eigenvalue weighted by molar-refractivity contribution is -0.141. The summed E-state index contributed by atoms with van der Waals surface area (Å²) in [5, 5.41) is 3.47. The van der Waals surface area contributed by atoms with Crippen molar-refractivity contribution in [2.45, 2.75) is 25.7 Å². The van der Waals surface area contributed by atoms with Crippen molar-refractivity contribution in [3.8, 4) is 0 Å². The first-order valence-electron chi connectivity index (χ1n) is 4.58. The van der Waals surface area contributed by atoms with E-state index in [0.29, 0.717) is 6.54 Å². The van der Waals surface area contributed by atoms with E-state index in [9.17, 15) is 13.2 Å². The highest BCUT2D eigenvalue weighted by atomic mass is 19.4. The predicted octanol–water partition coefficient (Wildman–Crippen LogP) is 1.85. The third kappa shape index (κ3) is 3.23. The van der Waals surface area contributed by atoms with Crippen LogP contribution in [-0.4, -0.2) is 34.8 Å². The molecule has 1 heterocycles. The van der Waals surface area contributed by atoms with E-state index in [1.165, 1.54) is 10.9 Å². The van der Waals surface area contributed by atoms with Crippen molar-refractivity contribution in [1.29, 1.82) is 0 Å². The third-order valence-electron chi connectivity index (χ3n) is 2.26. The highest BCUT2D eigenvalue weighted by molar-refractivity contribution is 5.03. The molecule has 0 saturated carbocycles. The molecule has 1 unspecified atom stereocenters. The number of likely N-dealkylation sites (N-methyl/N-ethyl adjacent to an activating group) is 1. The van der Waals surface area contributed by atoms with Gasteiger partial charge in [-0.2, -0.15) is 18.3 Å². The van der Waals surface area contributed by atoms with E-state index < -0.39 is 11.9 Å². The third-order valence-corrected chi connectivity index (χ3v) is 2.26. The van der Waals surface area contributed by atoms with Crippen LogP contribution < -0.4 is 0 Å². The van der Waals surface area contributed by atoms with E-state index in [-0.39, 0.29) is 6.04 Å². The average Bonchev–Trinajstić information content (AvgIpc) is 2.51. The molecule has 15 heavy (non-hydrogen) atoms. The van der Waals surface area contributed by atoms with Gasteiger partial charge in [-0.15, -0.1) is 0 Å². The smallest absolute Gasteiger partial charge is 0.305 e. The van der Waals surface area contributed by atoms with Crippen molar-refractivity contribution >= 4 is 0 Å². The molecule has 0 aliphatic carbocycles. The minimum absolute atomic E-state index is 0.144. The molecule has 0 fully saturated rings. The molecule has 0 aliphatic heterocycles. The summed E-state index contributed by atoms with van der Waals surface area (Å²) < 4.78 is 37.9. The molecular weight excluding hydrogens is 207 g/mol. The molecule has 0 spiro atoms. The van der Waals surface area contributed by atoms with E-state index in [4.69, 9.17) is 0 Å². The summed E-state index contributed by atoms with van der Waals surface area (Å²) in [6.07, 6.45) is -3.00. The summed E-state index contributed by atoms with van der Waals surface area (Å²) in [5.41, 5.74) is -0.839. The summed E-state index contributed by atoms with van der Waals surface area (Å²) >= 11 is 0. The Balaban J connectivity index is 2.69. The second kappa shape index (κ2) is 4.22. The molecule has 6 heteroatoms. The number of halogens is 3. The molecule has 0 aromatic carbocycles. The Labute approximate surface area is 86.5 Å². The Morgan fingerprint density at radius 3 is 2.47 bits per heavy atom. The van der Waals surface area contributed by atoms with E-state index in [2.05, 4.69) is 5.10 Å². The number of rotatable bonds is 3. The second-order valence-electron chi connectivity index (χ2n) is 3.73. The van der Waals surface area contributed by atoms with Gasteiger partial charge in [-0.1, -0.05) is 0 Å². The molecule has 0 radical (unpaired) electrons. The zero-order chi connectivity index (χ0) is 11.6. The minimum Gasteiger partial charge on any atom is -0.305 e. The van der Waals surface area contributed by atoms with Gasteiger partial charge in [0, 0.05) is 12.2 Å². The minimum atomic E-state index is -4.35. The Hall–Kier alpha value is -1.04. The first kappa shape index (κ1) is 12.0. The van der Waals surface area contributed by atoms with Crippen molar-refractivity contribution in [1.82, 2.24) is 14.7 Å². The molecule has 1 aromatic heterocycles. The van der Waals surface area contributed by atoms with Crippen molar-refractivity contribution in [3.05, 3.63) is 18.0 Å². The second-order valence-corrected chi connectivity index (χ2v) is 3.73. The summed E-state index contributed by atoms with van der Waals surface area (Å²) in [4.78, 5) is 1.93. The van der Waals surface area contributed by atoms with Crippen LogP contribution in [0, 0.1) is 0 Å². The summed E-state index contributed by atoms with van der Waals surface area (Å²) in [6, 6.07) is 1.13. The fourth-order valence-electron chi connectivity index (χ4n) is 1.05. The van der Waals surface area contributed by atoms with Gasteiger partial charge in [-0.25, -0.2) is 0 Å². The van der Waals surface area contributed by atoms with Crippen molar-refractivity contribution in [3.63, 3.8) is 0 Å². The molecule has 1 aromatic rings. The first-order valence-corrected chi connectivity index (χ1v) is 4.58. The molecule has 1 rings (SSSR count). The summed E-state index contributed by atoms with van der Waals surface area (Å²) in [5.74, 6) is 0. The highest BCUT2D eigenvalue weighted by Crippen LogP contribution is 2.27. The quantitative estimate of drug-likeness (QED) is 0.776. The zero-order valence-electron chi connectivity index (χ0n) is 8.91. The van der Waals surface area contributed by atoms with Gasteiger partial charge in [0.25, 0.3) is 0 Å². The largest absolute Gasteiger partial charge is 0.435 e. The monoisotopic (exact) mass is 221 g/mol. The maximum Gasteiger partial charge on any atom is 0.435 e. The Kier molecular flexibility index (Phi) is 3.38. The van der Waals surface area contributed by atoms with Crippen LogP contribution in [0.2, 0.25) is 0 Å². The summed E-state index contributed by atoms with van der Waals surface area (Å²) in [7, 11) is 3.75. The Morgan fingerprint density at radius 2 is 2.07 bits per heavy atom. The van der Waals surface area contributed by atoms with Gasteiger partial charge in [-0.3, -0.25) is 4.68 Å². The predicted molar refractivity (Wildman–Crippen MR) is 50.4 cm³/mol. The molecule has 86 valence electrons. The first-order chi connectivity index (χ1) is 6.80. The topological polar surface area (TPSA) is 21.1 Å². The molecule has 0 N–H and O–H groups in total. The van der Waals surface area contributed by atoms with Gasteiger partial charge in [-0.05, 0) is 27.1 Å². The van der Waals surface area contributed by atoms with Crippen LogP contribution in [0.3, 0.4) is 0 Å². The van der Waals surface area contributed by atoms with Crippen molar-refractivity contribution in [2.75, 3.05) is 14.1 Å². The molecule has 3 nitrogen and oxygen atoms in total. The zero-order valence-corrected chi connectivity index (χ0v) is 8.91. The molecule has 0 bridgehead atoms. The Bertz CT molecular complexity index is 317. The van der Waals surface area contributed by atoms with Crippen LogP contribution in [0.1, 0.15) is 12.6 Å². The van der Waals surface area contributed by atoms with Gasteiger partial charge < -0.3 is 4.90 Å². The van der Waals surface area contributed by atoms with Gasteiger partial charge in [0.15, 0.2) is 5.69 Å². The molecule has 0 saturated heterocycles. The van der Waals surface area contributed by atoms with Crippen LogP contribution in [0.15, 0.2) is 12.3 Å². The number of hydrogen-bond acceptors (Lipinski definition) is 2. The summed E-state index contributed by atoms with van der Waals surface area (Å²) in [6.45, 7) is 2.37. The van der Waals surface area contributed by atoms with E-state index >= 15 is 0 Å². The van der Waals surface area contributed by atoms with Crippen LogP contribution in [0.4, 0.5) is 13.2 Å². The lowest BCUT2D eigenvalue weighted by Crippen LogP contribution is -2.29. The maximum absolute atomic E-state index is 12.2. The SMILES string of the molecule is CC(Cn1ccc(C(F)(F)F)n1)N(C)C. The lowest BCUT2D eigenvalue weighted by atomic mass is 10.3. The number of hydrogen-bond donors (Lipinski definition) is 0. The van der Waals surface area contributed by atoms with Crippen LogP contribution in [-0.2, 0) is 12.7 Å². The van der Waals surface area contributed by atoms with Crippen LogP contribution >= 0.6 is 0 Å². The van der Waals surface area contributed by atoms with Crippen molar-refractivity contribution < 1.29 is 13.2 Å². The molecule has 1 atom stereocenters. The number of aromatic nitrogens is 2. The average molecular weight is 221 g/mol. The van der Waals surface area contributed by atoms with Gasteiger partial charge in [0.2, 0.25) is 0 Å². The van der Waals surface area contributed by atoms with Crippen LogP contribution in [0.25, 0.3) is 0 Å². The van der Waals surface area contributed by atoms with Gasteiger partial charge in [0.1, 0.15) is 0 Å². The molecular formula is C9H14F3N3. The van der Waals surface area contributed by atoms with Gasteiger partial charge in [0.05, 0.1) is 6.54 Å². The van der Waals surface area contributed by atoms with E-state index in [1.54, 1.807) is 0 Å². The molecule has 0 aliphatic rings. The van der Waals surface area contributed by atoms with Gasteiger partial charge >= 0.3 is 6.18 Å². The normalized spacial score (nSPS) is 14.6. The number of alkyl halides is 3. The van der Waals surface area contributed by atoms with Crippen LogP contribution in [0.5, 0.6) is 0 Å². The fraction of sp³-hybridized carbons (Fsp3) is 0.667. The lowest BCUT2D eigenvalue weighted by Gasteiger charge is -2.19. The fourth-order valence-corrected chi connectivity index (χ4v) is 1.05. The number of nitrogens with zero attached hydrogens (tertiary/aromatic N) is 3. The highest BCUT2D eigenvalue weighted by Gasteiger charge is 2.33. The standard InChI is InChI=1S/C9H14F3N3/c1-7(14(2)3)6-15-5-4-8(13-15)9(10,11)12/h4-5,7H,6H2,1-3H3. The Morgan fingerprint density at radius 1 is 1.47 bits per heavy atom. The van der Waals surface area contributed by atoms with Crippen molar-refractivity contribution in [2.24, 2.45) is 0 Å². The van der Waals surface area contributed by atoms with E-state index in [1.807, 2.05) is 25.9 Å². The maximum atomic E-state index is 12.2. The van der Waals surface area contributed by atoms with E-state index in [0.717, 1.165) is 6.07 Å². The molecule has 0 amide bonds.